The monoisotopic (exact) mass is 247 g/mol. The Kier molecular flexibility index (Phi) is 4.41. The normalized spacial score (nSPS) is 23.7. The summed E-state index contributed by atoms with van der Waals surface area (Å²) in [6, 6.07) is 11.4. The van der Waals surface area contributed by atoms with Gasteiger partial charge in [0.25, 0.3) is 0 Å². The average Bonchev–Trinajstić information content (AvgIpc) is 2.33. The molecule has 0 unspecified atom stereocenters. The molecule has 1 N–H and O–H groups in total. The minimum absolute atomic E-state index is 0.192. The molecule has 1 aliphatic carbocycles. The lowest BCUT2D eigenvalue weighted by Crippen LogP contribution is -2.48. The molecular weight excluding hydrogens is 222 g/mol. The van der Waals surface area contributed by atoms with Gasteiger partial charge in [-0.25, -0.2) is 0 Å². The summed E-state index contributed by atoms with van der Waals surface area (Å²) in [4.78, 5) is 0. The van der Waals surface area contributed by atoms with Gasteiger partial charge in [-0.2, -0.15) is 0 Å². The summed E-state index contributed by atoms with van der Waals surface area (Å²) in [5.41, 5.74) is 1.59. The van der Waals surface area contributed by atoms with Gasteiger partial charge < -0.3 is 10.1 Å². The van der Waals surface area contributed by atoms with Crippen molar-refractivity contribution in [2.45, 2.75) is 51.2 Å². The molecule has 0 saturated heterocycles. The fourth-order valence-corrected chi connectivity index (χ4v) is 2.49. The maximum Gasteiger partial charge on any atom is 0.0604 e. The zero-order chi connectivity index (χ0) is 13.0. The predicted octanol–water partition coefficient (Wildman–Crippen LogP) is 3.12. The van der Waals surface area contributed by atoms with Crippen molar-refractivity contribution in [3.63, 3.8) is 0 Å². The molecule has 0 amide bonds. The van der Waals surface area contributed by atoms with Crippen molar-refractivity contribution in [1.29, 1.82) is 0 Å². The Morgan fingerprint density at radius 3 is 2.50 bits per heavy atom. The maximum absolute atomic E-state index is 5.58. The molecule has 2 nitrogen and oxygen atoms in total. The lowest BCUT2D eigenvalue weighted by molar-refractivity contribution is -0.0107. The molecule has 100 valence electrons. The minimum Gasteiger partial charge on any atom is -0.378 e. The van der Waals surface area contributed by atoms with Crippen LogP contribution in [0.4, 0.5) is 0 Å². The van der Waals surface area contributed by atoms with Crippen molar-refractivity contribution in [3.8, 4) is 0 Å². The van der Waals surface area contributed by atoms with Gasteiger partial charge >= 0.3 is 0 Å². The first-order chi connectivity index (χ1) is 8.62. The van der Waals surface area contributed by atoms with E-state index >= 15 is 0 Å². The Labute approximate surface area is 111 Å². The molecule has 1 aromatic rings. The SMILES string of the molecule is CCOC1CC(NCC(C)(C)c2ccccc2)C1. The first kappa shape index (κ1) is 13.6. The second-order valence-electron chi connectivity index (χ2n) is 5.88. The fraction of sp³-hybridized carbons (Fsp3) is 0.625. The maximum atomic E-state index is 5.58. The standard InChI is InChI=1S/C16H25NO/c1-4-18-15-10-14(11-15)17-12-16(2,3)13-8-6-5-7-9-13/h5-9,14-15,17H,4,10-12H2,1-3H3. The molecule has 0 aliphatic heterocycles. The molecule has 0 atom stereocenters. The van der Waals surface area contributed by atoms with Gasteiger partial charge in [0.1, 0.15) is 0 Å². The van der Waals surface area contributed by atoms with Gasteiger partial charge in [0, 0.05) is 24.6 Å². The molecule has 0 radical (unpaired) electrons. The molecule has 1 fully saturated rings. The van der Waals surface area contributed by atoms with E-state index in [0.29, 0.717) is 12.1 Å². The molecule has 0 bridgehead atoms. The molecule has 0 aromatic heterocycles. The smallest absolute Gasteiger partial charge is 0.0604 e. The van der Waals surface area contributed by atoms with E-state index in [9.17, 15) is 0 Å². The van der Waals surface area contributed by atoms with E-state index in [2.05, 4.69) is 56.4 Å². The van der Waals surface area contributed by atoms with Gasteiger partial charge in [-0.3, -0.25) is 0 Å². The van der Waals surface area contributed by atoms with Gasteiger partial charge in [0.2, 0.25) is 0 Å². The summed E-state index contributed by atoms with van der Waals surface area (Å²) < 4.78 is 5.58. The van der Waals surface area contributed by atoms with E-state index in [4.69, 9.17) is 4.74 Å². The molecule has 1 aliphatic rings. The van der Waals surface area contributed by atoms with E-state index in [0.717, 1.165) is 13.2 Å². The third-order valence-electron chi connectivity index (χ3n) is 3.89. The number of ether oxygens (including phenoxy) is 1. The quantitative estimate of drug-likeness (QED) is 0.834. The number of hydrogen-bond donors (Lipinski definition) is 1. The van der Waals surface area contributed by atoms with Crippen LogP contribution >= 0.6 is 0 Å². The van der Waals surface area contributed by atoms with E-state index in [1.165, 1.54) is 18.4 Å². The molecule has 0 heterocycles. The molecule has 18 heavy (non-hydrogen) atoms. The highest BCUT2D eigenvalue weighted by molar-refractivity contribution is 5.23. The van der Waals surface area contributed by atoms with E-state index < -0.39 is 0 Å². The molecular formula is C16H25NO. The predicted molar refractivity (Wildman–Crippen MR) is 75.9 cm³/mol. The molecule has 2 heteroatoms. The second kappa shape index (κ2) is 5.85. The Morgan fingerprint density at radius 2 is 1.89 bits per heavy atom. The average molecular weight is 247 g/mol. The molecule has 1 aromatic carbocycles. The largest absolute Gasteiger partial charge is 0.378 e. The van der Waals surface area contributed by atoms with Crippen LogP contribution < -0.4 is 5.32 Å². The Bertz CT molecular complexity index is 355. The summed E-state index contributed by atoms with van der Waals surface area (Å²) in [7, 11) is 0. The summed E-state index contributed by atoms with van der Waals surface area (Å²) in [5, 5.41) is 3.67. The Balaban J connectivity index is 1.77. The van der Waals surface area contributed by atoms with Crippen molar-refractivity contribution in [2.75, 3.05) is 13.2 Å². The highest BCUT2D eigenvalue weighted by Gasteiger charge is 2.31. The lowest BCUT2D eigenvalue weighted by atomic mass is 9.82. The number of rotatable bonds is 6. The van der Waals surface area contributed by atoms with Crippen molar-refractivity contribution in [2.24, 2.45) is 0 Å². The first-order valence-electron chi connectivity index (χ1n) is 7.02. The van der Waals surface area contributed by atoms with Crippen molar-refractivity contribution in [3.05, 3.63) is 35.9 Å². The summed E-state index contributed by atoms with van der Waals surface area (Å²) in [6.07, 6.45) is 2.82. The van der Waals surface area contributed by atoms with E-state index in [1.54, 1.807) is 0 Å². The summed E-state index contributed by atoms with van der Waals surface area (Å²) in [5.74, 6) is 0. The van der Waals surface area contributed by atoms with Crippen molar-refractivity contribution in [1.82, 2.24) is 5.32 Å². The van der Waals surface area contributed by atoms with Crippen LogP contribution in [-0.4, -0.2) is 25.3 Å². The Morgan fingerprint density at radius 1 is 1.22 bits per heavy atom. The van der Waals surface area contributed by atoms with Crippen molar-refractivity contribution >= 4 is 0 Å². The van der Waals surface area contributed by atoms with Gasteiger partial charge in [-0.05, 0) is 25.3 Å². The molecule has 2 rings (SSSR count). The van der Waals surface area contributed by atoms with E-state index in [-0.39, 0.29) is 5.41 Å². The van der Waals surface area contributed by atoms with Crippen LogP contribution in [0.1, 0.15) is 39.2 Å². The number of benzene rings is 1. The number of hydrogen-bond acceptors (Lipinski definition) is 2. The molecule has 1 saturated carbocycles. The van der Waals surface area contributed by atoms with Crippen LogP contribution in [0, 0.1) is 0 Å². The van der Waals surface area contributed by atoms with Crippen molar-refractivity contribution < 1.29 is 4.74 Å². The first-order valence-corrected chi connectivity index (χ1v) is 7.02. The fourth-order valence-electron chi connectivity index (χ4n) is 2.49. The third-order valence-corrected chi connectivity index (χ3v) is 3.89. The van der Waals surface area contributed by atoms with Gasteiger partial charge in [0.15, 0.2) is 0 Å². The zero-order valence-corrected chi connectivity index (χ0v) is 11.8. The lowest BCUT2D eigenvalue weighted by Gasteiger charge is -2.38. The second-order valence-corrected chi connectivity index (χ2v) is 5.88. The van der Waals surface area contributed by atoms with Crippen LogP contribution in [0.15, 0.2) is 30.3 Å². The third kappa shape index (κ3) is 3.33. The van der Waals surface area contributed by atoms with Crippen LogP contribution in [0.25, 0.3) is 0 Å². The topological polar surface area (TPSA) is 21.3 Å². The van der Waals surface area contributed by atoms with Gasteiger partial charge in [-0.1, -0.05) is 44.2 Å². The summed E-state index contributed by atoms with van der Waals surface area (Å²) >= 11 is 0. The van der Waals surface area contributed by atoms with Gasteiger partial charge in [-0.15, -0.1) is 0 Å². The minimum atomic E-state index is 0.192. The van der Waals surface area contributed by atoms with Crippen LogP contribution in [0.2, 0.25) is 0 Å². The zero-order valence-electron chi connectivity index (χ0n) is 11.8. The van der Waals surface area contributed by atoms with Crippen LogP contribution in [0.3, 0.4) is 0 Å². The Hall–Kier alpha value is -0.860. The summed E-state index contributed by atoms with van der Waals surface area (Å²) in [6.45, 7) is 8.54. The highest BCUT2D eigenvalue weighted by atomic mass is 16.5. The van der Waals surface area contributed by atoms with Gasteiger partial charge in [0.05, 0.1) is 6.10 Å². The van der Waals surface area contributed by atoms with E-state index in [1.807, 2.05) is 0 Å². The highest BCUT2D eigenvalue weighted by Crippen LogP contribution is 2.26. The van der Waals surface area contributed by atoms with Crippen LogP contribution in [0.5, 0.6) is 0 Å². The number of nitrogens with one attached hydrogen (secondary N) is 1. The molecule has 0 spiro atoms. The van der Waals surface area contributed by atoms with Crippen LogP contribution in [-0.2, 0) is 10.2 Å².